The summed E-state index contributed by atoms with van der Waals surface area (Å²) >= 11 is 6.35. The number of aryl methyl sites for hydroxylation is 1. The summed E-state index contributed by atoms with van der Waals surface area (Å²) in [6, 6.07) is 11.6. The number of benzene rings is 1. The Morgan fingerprint density at radius 1 is 1.15 bits per heavy atom. The highest BCUT2D eigenvalue weighted by Crippen LogP contribution is 2.56. The second kappa shape index (κ2) is 6.06. The first-order valence-corrected chi connectivity index (χ1v) is 9.84. The highest BCUT2D eigenvalue weighted by molar-refractivity contribution is 6.32. The molecule has 0 radical (unpaired) electrons. The fourth-order valence-electron chi connectivity index (χ4n) is 4.52. The van der Waals surface area contributed by atoms with Gasteiger partial charge in [-0.15, -0.1) is 0 Å². The zero-order chi connectivity index (χ0) is 18.6. The molecule has 5 nitrogen and oxygen atoms in total. The molecule has 1 spiro atoms. The highest BCUT2D eigenvalue weighted by atomic mass is 35.5. The quantitative estimate of drug-likeness (QED) is 0.727. The molecule has 1 N–H and O–H groups in total. The maximum Gasteiger partial charge on any atom is 0.355 e. The SMILES string of the molecule is Cc1ccc2c(NC3CC4(CCC4)C3)nc(=O)n(-c3ccccc3Cl)c2n1. The molecule has 6 heteroatoms. The van der Waals surface area contributed by atoms with Gasteiger partial charge in [0.05, 0.1) is 16.1 Å². The van der Waals surface area contributed by atoms with Crippen LogP contribution in [-0.4, -0.2) is 20.6 Å². The molecule has 138 valence electrons. The van der Waals surface area contributed by atoms with Crippen LogP contribution in [0.4, 0.5) is 5.82 Å². The number of halogens is 1. The Bertz CT molecular complexity index is 1100. The normalized spacial score (nSPS) is 18.3. The molecule has 2 heterocycles. The molecule has 0 aliphatic heterocycles. The minimum absolute atomic E-state index is 0.367. The van der Waals surface area contributed by atoms with E-state index in [-0.39, 0.29) is 5.69 Å². The maximum atomic E-state index is 12.9. The van der Waals surface area contributed by atoms with Gasteiger partial charge in [-0.25, -0.2) is 14.3 Å². The Morgan fingerprint density at radius 2 is 1.93 bits per heavy atom. The van der Waals surface area contributed by atoms with Crippen LogP contribution in [0.25, 0.3) is 16.7 Å². The average molecular weight is 381 g/mol. The lowest BCUT2D eigenvalue weighted by molar-refractivity contribution is 0.0191. The molecule has 5 rings (SSSR count). The van der Waals surface area contributed by atoms with Crippen molar-refractivity contribution in [3.8, 4) is 5.69 Å². The minimum atomic E-state index is -0.367. The Morgan fingerprint density at radius 3 is 2.63 bits per heavy atom. The van der Waals surface area contributed by atoms with E-state index in [0.29, 0.717) is 33.6 Å². The van der Waals surface area contributed by atoms with Crippen LogP contribution < -0.4 is 11.0 Å². The van der Waals surface area contributed by atoms with Crippen LogP contribution in [0.3, 0.4) is 0 Å². The first-order valence-electron chi connectivity index (χ1n) is 9.47. The fraction of sp³-hybridized carbons (Fsp3) is 0.381. The lowest BCUT2D eigenvalue weighted by Gasteiger charge is -2.54. The molecular formula is C21H21ClN4O. The molecule has 2 fully saturated rings. The predicted octanol–water partition coefficient (Wildman–Crippen LogP) is 4.49. The number of fused-ring (bicyclic) bond motifs is 1. The van der Waals surface area contributed by atoms with E-state index in [9.17, 15) is 4.79 Å². The molecule has 2 aromatic heterocycles. The summed E-state index contributed by atoms with van der Waals surface area (Å²) in [5, 5.41) is 4.84. The molecule has 0 unspecified atom stereocenters. The molecule has 0 amide bonds. The van der Waals surface area contributed by atoms with Crippen molar-refractivity contribution in [1.29, 1.82) is 0 Å². The third-order valence-corrected chi connectivity index (χ3v) is 6.41. The van der Waals surface area contributed by atoms with Crippen molar-refractivity contribution in [2.75, 3.05) is 5.32 Å². The van der Waals surface area contributed by atoms with E-state index in [1.807, 2.05) is 37.3 Å². The number of para-hydroxylation sites is 1. The van der Waals surface area contributed by atoms with E-state index < -0.39 is 0 Å². The first kappa shape index (κ1) is 16.8. The van der Waals surface area contributed by atoms with E-state index in [1.54, 1.807) is 6.07 Å². The number of aromatic nitrogens is 3. The summed E-state index contributed by atoms with van der Waals surface area (Å²) in [6.07, 6.45) is 6.37. The van der Waals surface area contributed by atoms with Gasteiger partial charge in [0.25, 0.3) is 0 Å². The first-order chi connectivity index (χ1) is 13.0. The van der Waals surface area contributed by atoms with Crippen LogP contribution in [0.15, 0.2) is 41.2 Å². The van der Waals surface area contributed by atoms with Gasteiger partial charge >= 0.3 is 5.69 Å². The number of nitrogens with zero attached hydrogens (tertiary/aromatic N) is 3. The summed E-state index contributed by atoms with van der Waals surface area (Å²) in [5.41, 5.74) is 2.23. The van der Waals surface area contributed by atoms with Crippen molar-refractivity contribution in [3.63, 3.8) is 0 Å². The highest BCUT2D eigenvalue weighted by Gasteiger charge is 2.48. The van der Waals surface area contributed by atoms with Gasteiger partial charge in [0.15, 0.2) is 5.65 Å². The molecule has 2 aliphatic rings. The van der Waals surface area contributed by atoms with Gasteiger partial charge in [-0.1, -0.05) is 30.2 Å². The summed E-state index contributed by atoms with van der Waals surface area (Å²) in [7, 11) is 0. The maximum absolute atomic E-state index is 12.9. The van der Waals surface area contributed by atoms with Crippen LogP contribution in [0.5, 0.6) is 0 Å². The molecule has 0 atom stereocenters. The van der Waals surface area contributed by atoms with Gasteiger partial charge in [0.2, 0.25) is 0 Å². The molecule has 2 saturated carbocycles. The average Bonchev–Trinajstić information content (AvgIpc) is 2.57. The van der Waals surface area contributed by atoms with Gasteiger partial charge in [-0.2, -0.15) is 4.98 Å². The van der Waals surface area contributed by atoms with E-state index in [2.05, 4.69) is 15.3 Å². The van der Waals surface area contributed by atoms with E-state index in [4.69, 9.17) is 11.6 Å². The van der Waals surface area contributed by atoms with E-state index >= 15 is 0 Å². The van der Waals surface area contributed by atoms with Gasteiger partial charge < -0.3 is 5.32 Å². The fourth-order valence-corrected chi connectivity index (χ4v) is 4.74. The molecular weight excluding hydrogens is 360 g/mol. The Balaban J connectivity index is 1.61. The minimum Gasteiger partial charge on any atom is -0.367 e. The monoisotopic (exact) mass is 380 g/mol. The van der Waals surface area contributed by atoms with Crippen LogP contribution in [0, 0.1) is 12.3 Å². The molecule has 0 bridgehead atoms. The summed E-state index contributed by atoms with van der Waals surface area (Å²) in [6.45, 7) is 1.92. The number of hydrogen-bond donors (Lipinski definition) is 1. The Hall–Kier alpha value is -2.40. The zero-order valence-corrected chi connectivity index (χ0v) is 16.0. The summed E-state index contributed by atoms with van der Waals surface area (Å²) < 4.78 is 1.50. The zero-order valence-electron chi connectivity index (χ0n) is 15.2. The lowest BCUT2D eigenvalue weighted by Crippen LogP contribution is -2.49. The summed E-state index contributed by atoms with van der Waals surface area (Å²) in [5.74, 6) is 0.630. The number of pyridine rings is 1. The second-order valence-corrected chi connectivity index (χ2v) is 8.36. The smallest absolute Gasteiger partial charge is 0.355 e. The third-order valence-electron chi connectivity index (χ3n) is 6.09. The topological polar surface area (TPSA) is 59.8 Å². The van der Waals surface area contributed by atoms with Gasteiger partial charge in [-0.05, 0) is 62.3 Å². The van der Waals surface area contributed by atoms with E-state index in [1.165, 1.54) is 36.7 Å². The molecule has 27 heavy (non-hydrogen) atoms. The van der Waals surface area contributed by atoms with Gasteiger partial charge in [0, 0.05) is 11.7 Å². The van der Waals surface area contributed by atoms with Crippen LogP contribution in [0.2, 0.25) is 5.02 Å². The summed E-state index contributed by atoms with van der Waals surface area (Å²) in [4.78, 5) is 21.9. The largest absolute Gasteiger partial charge is 0.367 e. The van der Waals surface area contributed by atoms with Crippen LogP contribution in [0.1, 0.15) is 37.8 Å². The van der Waals surface area contributed by atoms with Crippen molar-refractivity contribution < 1.29 is 0 Å². The number of nitrogens with one attached hydrogen (secondary N) is 1. The number of hydrogen-bond acceptors (Lipinski definition) is 4. The van der Waals surface area contributed by atoms with Crippen molar-refractivity contribution in [2.24, 2.45) is 5.41 Å². The third kappa shape index (κ3) is 2.72. The van der Waals surface area contributed by atoms with E-state index in [0.717, 1.165) is 11.1 Å². The van der Waals surface area contributed by atoms with Crippen LogP contribution in [-0.2, 0) is 0 Å². The number of rotatable bonds is 3. The van der Waals surface area contributed by atoms with Crippen molar-refractivity contribution in [1.82, 2.24) is 14.5 Å². The lowest BCUT2D eigenvalue weighted by atomic mass is 9.54. The standard InChI is InChI=1S/C21H21ClN4O/c1-13-7-8-15-18(24-14-11-21(12-14)9-4-10-21)25-20(27)26(19(15)23-13)17-6-3-2-5-16(17)22/h2-3,5-8,14H,4,9-12H2,1H3,(H,24,25,27). The number of anilines is 1. The predicted molar refractivity (Wildman–Crippen MR) is 108 cm³/mol. The van der Waals surface area contributed by atoms with Gasteiger partial charge in [0.1, 0.15) is 5.82 Å². The van der Waals surface area contributed by atoms with Crippen molar-refractivity contribution >= 4 is 28.5 Å². The molecule has 1 aromatic carbocycles. The second-order valence-electron chi connectivity index (χ2n) is 7.96. The Labute approximate surface area is 162 Å². The Kier molecular flexibility index (Phi) is 3.76. The molecule has 2 aliphatic carbocycles. The molecule has 3 aromatic rings. The van der Waals surface area contributed by atoms with Crippen LogP contribution >= 0.6 is 11.6 Å². The molecule has 0 saturated heterocycles. The van der Waals surface area contributed by atoms with Crippen molar-refractivity contribution in [3.05, 3.63) is 57.6 Å². The van der Waals surface area contributed by atoms with Crippen molar-refractivity contribution in [2.45, 2.75) is 45.1 Å². The van der Waals surface area contributed by atoms with Gasteiger partial charge in [-0.3, -0.25) is 0 Å².